The van der Waals surface area contributed by atoms with Gasteiger partial charge in [0.25, 0.3) is 6.01 Å². The molecule has 33 heavy (non-hydrogen) atoms. The fourth-order valence-electron chi connectivity index (χ4n) is 3.49. The standard InChI is InChI=1S/C24H38N5O3P/c1-8-18(5)33-15-19(9-2)13-16(3)12-17(4)14-29-22-20(26-24(29)31-7)21(25)27-23(28-22)32-11-10-30-6/h8-9,12,16,18,33H,1,10-11,13-15H2,2-7H3,(H2,25,27,28)/b17-12+,19-9+. The Kier molecular flexibility index (Phi) is 10.8. The van der Waals surface area contributed by atoms with Crippen LogP contribution in [-0.2, 0) is 11.3 Å². The highest BCUT2D eigenvalue weighted by atomic mass is 31.1. The Labute approximate surface area is 199 Å². The Hall–Kier alpha value is -2.44. The van der Waals surface area contributed by atoms with Gasteiger partial charge >= 0.3 is 6.01 Å². The van der Waals surface area contributed by atoms with Crippen molar-refractivity contribution in [3.8, 4) is 12.0 Å². The van der Waals surface area contributed by atoms with E-state index < -0.39 is 0 Å². The van der Waals surface area contributed by atoms with Crippen molar-refractivity contribution in [3.05, 3.63) is 36.0 Å². The molecule has 2 aromatic heterocycles. The number of anilines is 1. The maximum atomic E-state index is 6.12. The molecule has 2 N–H and O–H groups in total. The maximum Gasteiger partial charge on any atom is 0.320 e. The minimum Gasteiger partial charge on any atom is -0.468 e. The minimum absolute atomic E-state index is 0.197. The molecular formula is C24H38N5O3P. The zero-order valence-electron chi connectivity index (χ0n) is 20.7. The van der Waals surface area contributed by atoms with E-state index in [1.54, 1.807) is 14.2 Å². The van der Waals surface area contributed by atoms with Crippen LogP contribution in [0.25, 0.3) is 11.2 Å². The van der Waals surface area contributed by atoms with Gasteiger partial charge in [0, 0.05) is 13.7 Å². The number of nitrogens with two attached hydrogens (primary N) is 1. The van der Waals surface area contributed by atoms with Gasteiger partial charge in [-0.1, -0.05) is 43.2 Å². The summed E-state index contributed by atoms with van der Waals surface area (Å²) in [5.41, 5.74) is 10.4. The van der Waals surface area contributed by atoms with Crippen LogP contribution in [0.15, 0.2) is 36.0 Å². The summed E-state index contributed by atoms with van der Waals surface area (Å²) in [6.07, 6.45) is 8.75. The van der Waals surface area contributed by atoms with Crippen molar-refractivity contribution in [1.29, 1.82) is 0 Å². The lowest BCUT2D eigenvalue weighted by molar-refractivity contribution is 0.141. The van der Waals surface area contributed by atoms with Crippen LogP contribution >= 0.6 is 8.58 Å². The summed E-state index contributed by atoms with van der Waals surface area (Å²) >= 11 is 0. The van der Waals surface area contributed by atoms with Crippen LogP contribution in [-0.4, -0.2) is 58.8 Å². The predicted molar refractivity (Wildman–Crippen MR) is 138 cm³/mol. The third kappa shape index (κ3) is 7.83. The van der Waals surface area contributed by atoms with E-state index >= 15 is 0 Å². The third-order valence-corrected chi connectivity index (χ3v) is 6.78. The van der Waals surface area contributed by atoms with E-state index in [0.717, 1.165) is 21.2 Å². The molecule has 2 aromatic rings. The first-order valence-electron chi connectivity index (χ1n) is 11.2. The fourth-order valence-corrected chi connectivity index (χ4v) is 4.59. The van der Waals surface area contributed by atoms with E-state index in [9.17, 15) is 0 Å². The first-order valence-corrected chi connectivity index (χ1v) is 12.5. The lowest BCUT2D eigenvalue weighted by Crippen LogP contribution is -2.09. The average molecular weight is 476 g/mol. The van der Waals surface area contributed by atoms with Gasteiger partial charge in [0.05, 0.1) is 13.7 Å². The van der Waals surface area contributed by atoms with Crippen molar-refractivity contribution in [1.82, 2.24) is 19.5 Å². The number of imidazole rings is 1. The topological polar surface area (TPSA) is 97.3 Å². The SMILES string of the molecule is C=CC(C)PC/C(=C/C)CC(C)/C=C(\C)Cn1c(OC)nc2c(N)nc(OCCOC)nc21. The quantitative estimate of drug-likeness (QED) is 0.242. The van der Waals surface area contributed by atoms with Crippen LogP contribution < -0.4 is 15.2 Å². The van der Waals surface area contributed by atoms with Crippen LogP contribution in [0.1, 0.15) is 34.1 Å². The van der Waals surface area contributed by atoms with Gasteiger partial charge in [-0.2, -0.15) is 15.0 Å². The lowest BCUT2D eigenvalue weighted by atomic mass is 9.99. The molecule has 182 valence electrons. The van der Waals surface area contributed by atoms with Crippen molar-refractivity contribution in [2.75, 3.05) is 39.3 Å². The number of hydrogen-bond acceptors (Lipinski definition) is 7. The van der Waals surface area contributed by atoms with Crippen molar-refractivity contribution in [2.45, 2.75) is 46.3 Å². The Bertz CT molecular complexity index is 986. The summed E-state index contributed by atoms with van der Waals surface area (Å²) in [5, 5.41) is 0. The van der Waals surface area contributed by atoms with Gasteiger partial charge in [-0.05, 0) is 38.0 Å². The third-order valence-electron chi connectivity index (χ3n) is 5.24. The van der Waals surface area contributed by atoms with E-state index in [1.807, 2.05) is 10.6 Å². The Morgan fingerprint density at radius 1 is 1.21 bits per heavy atom. The molecule has 0 saturated heterocycles. The molecule has 0 aliphatic carbocycles. The molecule has 0 saturated carbocycles. The number of allylic oxidation sites excluding steroid dienone is 5. The van der Waals surface area contributed by atoms with E-state index in [0.29, 0.717) is 48.5 Å². The van der Waals surface area contributed by atoms with Crippen molar-refractivity contribution in [2.24, 2.45) is 5.92 Å². The van der Waals surface area contributed by atoms with E-state index in [-0.39, 0.29) is 11.8 Å². The Balaban J connectivity index is 2.19. The minimum atomic E-state index is 0.197. The van der Waals surface area contributed by atoms with Gasteiger partial charge in [0.2, 0.25) is 0 Å². The maximum absolute atomic E-state index is 6.12. The van der Waals surface area contributed by atoms with E-state index in [1.165, 1.54) is 11.1 Å². The molecular weight excluding hydrogens is 437 g/mol. The predicted octanol–water partition coefficient (Wildman–Crippen LogP) is 4.61. The summed E-state index contributed by atoms with van der Waals surface area (Å²) in [4.78, 5) is 13.2. The number of nitrogen functional groups attached to an aromatic ring is 1. The van der Waals surface area contributed by atoms with E-state index in [2.05, 4.69) is 61.4 Å². The zero-order chi connectivity index (χ0) is 24.4. The largest absolute Gasteiger partial charge is 0.468 e. The molecule has 8 nitrogen and oxygen atoms in total. The molecule has 0 aromatic carbocycles. The van der Waals surface area contributed by atoms with Crippen LogP contribution in [0.5, 0.6) is 12.0 Å². The van der Waals surface area contributed by atoms with Gasteiger partial charge in [-0.3, -0.25) is 4.57 Å². The molecule has 3 atom stereocenters. The number of fused-ring (bicyclic) bond motifs is 1. The summed E-state index contributed by atoms with van der Waals surface area (Å²) in [6, 6.07) is 0.636. The first-order chi connectivity index (χ1) is 15.8. The second-order valence-corrected chi connectivity index (χ2v) is 9.81. The molecule has 2 heterocycles. The second kappa shape index (κ2) is 13.3. The fraction of sp³-hybridized carbons (Fsp3) is 0.542. The number of methoxy groups -OCH3 is 2. The monoisotopic (exact) mass is 475 g/mol. The molecule has 0 aliphatic rings. The first kappa shape index (κ1) is 26.8. The summed E-state index contributed by atoms with van der Waals surface area (Å²) in [7, 11) is 4.07. The molecule has 0 aliphatic heterocycles. The van der Waals surface area contributed by atoms with E-state index in [4.69, 9.17) is 19.9 Å². The van der Waals surface area contributed by atoms with Crippen molar-refractivity contribution < 1.29 is 14.2 Å². The summed E-state index contributed by atoms with van der Waals surface area (Å²) in [6.45, 7) is 14.0. The zero-order valence-corrected chi connectivity index (χ0v) is 21.7. The van der Waals surface area contributed by atoms with Gasteiger partial charge in [0.1, 0.15) is 6.61 Å². The highest BCUT2D eigenvalue weighted by Crippen LogP contribution is 2.28. The van der Waals surface area contributed by atoms with Crippen molar-refractivity contribution in [3.63, 3.8) is 0 Å². The van der Waals surface area contributed by atoms with Crippen LogP contribution in [0, 0.1) is 5.92 Å². The highest BCUT2D eigenvalue weighted by molar-refractivity contribution is 7.39. The average Bonchev–Trinajstić information content (AvgIpc) is 3.14. The Morgan fingerprint density at radius 3 is 2.61 bits per heavy atom. The van der Waals surface area contributed by atoms with Crippen LogP contribution in [0.4, 0.5) is 5.82 Å². The molecule has 0 radical (unpaired) electrons. The van der Waals surface area contributed by atoms with Gasteiger partial charge in [0.15, 0.2) is 17.0 Å². The van der Waals surface area contributed by atoms with Crippen LogP contribution in [0.2, 0.25) is 0 Å². The molecule has 3 unspecified atom stereocenters. The molecule has 0 spiro atoms. The lowest BCUT2D eigenvalue weighted by Gasteiger charge is -2.15. The van der Waals surface area contributed by atoms with Gasteiger partial charge < -0.3 is 19.9 Å². The number of nitrogens with zero attached hydrogens (tertiary/aromatic N) is 4. The summed E-state index contributed by atoms with van der Waals surface area (Å²) < 4.78 is 18.0. The van der Waals surface area contributed by atoms with Crippen LogP contribution in [0.3, 0.4) is 0 Å². The molecule has 0 fully saturated rings. The van der Waals surface area contributed by atoms with Gasteiger partial charge in [-0.25, -0.2) is 0 Å². The van der Waals surface area contributed by atoms with Gasteiger partial charge in [-0.15, -0.1) is 15.2 Å². The molecule has 0 amide bonds. The molecule has 2 rings (SSSR count). The molecule has 9 heteroatoms. The number of aromatic nitrogens is 4. The summed E-state index contributed by atoms with van der Waals surface area (Å²) in [5.74, 6) is 0.667. The number of hydrogen-bond donors (Lipinski definition) is 1. The highest BCUT2D eigenvalue weighted by Gasteiger charge is 2.18. The smallest absolute Gasteiger partial charge is 0.320 e. The second-order valence-electron chi connectivity index (χ2n) is 8.14. The normalized spacial score (nSPS) is 14.7. The Morgan fingerprint density at radius 2 is 1.97 bits per heavy atom. The number of ether oxygens (including phenoxy) is 3. The van der Waals surface area contributed by atoms with Crippen molar-refractivity contribution >= 4 is 25.6 Å². The molecule has 0 bridgehead atoms. The number of rotatable bonds is 14.